The number of ether oxygens (including phenoxy) is 1. The molecule has 0 atom stereocenters. The Kier molecular flexibility index (Phi) is 5.33. The molecule has 1 aliphatic carbocycles. The first kappa shape index (κ1) is 16.9. The van der Waals surface area contributed by atoms with E-state index in [2.05, 4.69) is 10.1 Å². The van der Waals surface area contributed by atoms with Crippen molar-refractivity contribution in [1.82, 2.24) is 14.4 Å². The van der Waals surface area contributed by atoms with Crippen LogP contribution in [0.4, 0.5) is 0 Å². The van der Waals surface area contributed by atoms with Gasteiger partial charge in [0.25, 0.3) is 5.89 Å². The maximum atomic E-state index is 12.2. The molecule has 23 heavy (non-hydrogen) atoms. The number of hydrogen-bond acceptors (Lipinski definition) is 6. The Balaban J connectivity index is 1.41. The molecule has 2 heterocycles. The molecule has 2 aliphatic rings. The molecule has 1 saturated carbocycles. The van der Waals surface area contributed by atoms with Crippen molar-refractivity contribution >= 4 is 10.0 Å². The third-order valence-corrected chi connectivity index (χ3v) is 6.38. The van der Waals surface area contributed by atoms with Gasteiger partial charge in [-0.2, -0.15) is 4.98 Å². The topological polar surface area (TPSA) is 85.5 Å². The van der Waals surface area contributed by atoms with Gasteiger partial charge in [0.15, 0.2) is 5.82 Å². The van der Waals surface area contributed by atoms with E-state index in [1.165, 1.54) is 0 Å². The molecule has 0 aromatic carbocycles. The van der Waals surface area contributed by atoms with E-state index in [1.807, 2.05) is 6.92 Å². The number of nitrogens with zero attached hydrogens (tertiary/aromatic N) is 3. The highest BCUT2D eigenvalue weighted by Crippen LogP contribution is 2.38. The van der Waals surface area contributed by atoms with E-state index in [4.69, 9.17) is 9.26 Å². The molecule has 3 rings (SSSR count). The first-order valence-electron chi connectivity index (χ1n) is 8.50. The second kappa shape index (κ2) is 7.27. The van der Waals surface area contributed by atoms with Crippen molar-refractivity contribution in [3.8, 4) is 0 Å². The Morgan fingerprint density at radius 3 is 2.65 bits per heavy atom. The van der Waals surface area contributed by atoms with E-state index in [1.54, 1.807) is 4.31 Å². The van der Waals surface area contributed by atoms with E-state index >= 15 is 0 Å². The Morgan fingerprint density at radius 2 is 2.00 bits per heavy atom. The molecule has 0 bridgehead atoms. The summed E-state index contributed by atoms with van der Waals surface area (Å²) in [5.41, 5.74) is 0. The van der Waals surface area contributed by atoms with Crippen LogP contribution in [0.25, 0.3) is 0 Å². The number of hydrogen-bond donors (Lipinski definition) is 0. The van der Waals surface area contributed by atoms with E-state index in [9.17, 15) is 8.42 Å². The lowest BCUT2D eigenvalue weighted by Crippen LogP contribution is -2.41. The standard InChI is InChI=1S/C15H25N3O4S/c1-2-3-10-23(19,20)18-8-6-13(7-9-18)21-11-14-16-15(17-22-14)12-4-5-12/h12-13H,2-11H2,1H3. The van der Waals surface area contributed by atoms with Gasteiger partial charge in [-0.15, -0.1) is 0 Å². The van der Waals surface area contributed by atoms with Crippen molar-refractivity contribution in [2.24, 2.45) is 0 Å². The third kappa shape index (κ3) is 4.51. The van der Waals surface area contributed by atoms with Crippen LogP contribution >= 0.6 is 0 Å². The monoisotopic (exact) mass is 343 g/mol. The van der Waals surface area contributed by atoms with Crippen LogP contribution < -0.4 is 0 Å². The highest BCUT2D eigenvalue weighted by molar-refractivity contribution is 7.89. The summed E-state index contributed by atoms with van der Waals surface area (Å²) in [5, 5.41) is 3.96. The van der Waals surface area contributed by atoms with Crippen molar-refractivity contribution < 1.29 is 17.7 Å². The van der Waals surface area contributed by atoms with Crippen LogP contribution in [0.1, 0.15) is 63.1 Å². The molecule has 7 nitrogen and oxygen atoms in total. The van der Waals surface area contributed by atoms with Gasteiger partial charge in [0.2, 0.25) is 10.0 Å². The zero-order valence-electron chi connectivity index (χ0n) is 13.6. The van der Waals surface area contributed by atoms with Gasteiger partial charge in [-0.05, 0) is 32.1 Å². The third-order valence-electron chi connectivity index (χ3n) is 4.42. The Hall–Kier alpha value is -0.990. The highest BCUT2D eigenvalue weighted by atomic mass is 32.2. The van der Waals surface area contributed by atoms with Crippen LogP contribution in [-0.2, 0) is 21.4 Å². The second-order valence-electron chi connectivity index (χ2n) is 6.40. The van der Waals surface area contributed by atoms with Crippen molar-refractivity contribution in [3.05, 3.63) is 11.7 Å². The number of unbranched alkanes of at least 4 members (excludes halogenated alkanes) is 1. The molecule has 0 amide bonds. The average molecular weight is 343 g/mol. The minimum atomic E-state index is -3.10. The van der Waals surface area contributed by atoms with E-state index in [0.29, 0.717) is 31.5 Å². The molecular formula is C15H25N3O4S. The van der Waals surface area contributed by atoms with Gasteiger partial charge in [0.05, 0.1) is 11.9 Å². The Morgan fingerprint density at radius 1 is 1.26 bits per heavy atom. The fraction of sp³-hybridized carbons (Fsp3) is 0.867. The molecule has 1 aromatic rings. The quantitative estimate of drug-likeness (QED) is 0.718. The lowest BCUT2D eigenvalue weighted by atomic mass is 10.1. The van der Waals surface area contributed by atoms with Crippen LogP contribution in [0.2, 0.25) is 0 Å². The second-order valence-corrected chi connectivity index (χ2v) is 8.49. The Labute approximate surface area is 137 Å². The smallest absolute Gasteiger partial charge is 0.252 e. The number of piperidine rings is 1. The average Bonchev–Trinajstić information content (AvgIpc) is 3.30. The molecule has 1 saturated heterocycles. The van der Waals surface area contributed by atoms with E-state index in [-0.39, 0.29) is 11.9 Å². The summed E-state index contributed by atoms with van der Waals surface area (Å²) in [4.78, 5) is 4.34. The normalized spacial score (nSPS) is 20.9. The minimum Gasteiger partial charge on any atom is -0.368 e. The van der Waals surface area contributed by atoms with Crippen LogP contribution in [0.3, 0.4) is 0 Å². The lowest BCUT2D eigenvalue weighted by molar-refractivity contribution is -0.00119. The summed E-state index contributed by atoms with van der Waals surface area (Å²) >= 11 is 0. The molecule has 2 fully saturated rings. The highest BCUT2D eigenvalue weighted by Gasteiger charge is 2.30. The summed E-state index contributed by atoms with van der Waals surface area (Å²) in [6, 6.07) is 0. The molecule has 0 N–H and O–H groups in total. The Bertz CT molecular complexity index is 604. The SMILES string of the molecule is CCCCS(=O)(=O)N1CCC(OCc2nc(C3CC3)no2)CC1. The maximum Gasteiger partial charge on any atom is 0.252 e. The van der Waals surface area contributed by atoms with Crippen molar-refractivity contribution in [3.63, 3.8) is 0 Å². The van der Waals surface area contributed by atoms with Crippen LogP contribution in [0.15, 0.2) is 4.52 Å². The summed E-state index contributed by atoms with van der Waals surface area (Å²) in [6.07, 6.45) is 5.40. The maximum absolute atomic E-state index is 12.2. The summed E-state index contributed by atoms with van der Waals surface area (Å²) in [5.74, 6) is 2.04. The molecule has 130 valence electrons. The lowest BCUT2D eigenvalue weighted by Gasteiger charge is -2.30. The van der Waals surface area contributed by atoms with Crippen molar-refractivity contribution in [1.29, 1.82) is 0 Å². The van der Waals surface area contributed by atoms with Crippen LogP contribution in [0, 0.1) is 0 Å². The molecule has 0 radical (unpaired) electrons. The first-order valence-corrected chi connectivity index (χ1v) is 10.1. The summed E-state index contributed by atoms with van der Waals surface area (Å²) in [6.45, 7) is 3.39. The van der Waals surface area contributed by atoms with Crippen molar-refractivity contribution in [2.45, 2.75) is 64.1 Å². The number of aromatic nitrogens is 2. The summed E-state index contributed by atoms with van der Waals surface area (Å²) < 4.78 is 36.9. The zero-order valence-corrected chi connectivity index (χ0v) is 14.4. The largest absolute Gasteiger partial charge is 0.368 e. The van der Waals surface area contributed by atoms with Gasteiger partial charge in [-0.25, -0.2) is 12.7 Å². The molecular weight excluding hydrogens is 318 g/mol. The minimum absolute atomic E-state index is 0.0592. The van der Waals surface area contributed by atoms with E-state index < -0.39 is 10.0 Å². The fourth-order valence-corrected chi connectivity index (χ4v) is 4.43. The zero-order chi connectivity index (χ0) is 16.3. The molecule has 8 heteroatoms. The number of rotatable bonds is 8. The van der Waals surface area contributed by atoms with E-state index in [0.717, 1.165) is 44.3 Å². The van der Waals surface area contributed by atoms with Crippen molar-refractivity contribution in [2.75, 3.05) is 18.8 Å². The van der Waals surface area contributed by atoms with Gasteiger partial charge in [0, 0.05) is 19.0 Å². The van der Waals surface area contributed by atoms with Crippen LogP contribution in [0.5, 0.6) is 0 Å². The predicted octanol–water partition coefficient (Wildman–Crippen LogP) is 2.06. The summed E-state index contributed by atoms with van der Waals surface area (Å²) in [7, 11) is -3.10. The van der Waals surface area contributed by atoms with Gasteiger partial charge < -0.3 is 9.26 Å². The molecule has 1 aromatic heterocycles. The fourth-order valence-electron chi connectivity index (χ4n) is 2.76. The molecule has 0 spiro atoms. The van der Waals surface area contributed by atoms with Gasteiger partial charge >= 0.3 is 0 Å². The van der Waals surface area contributed by atoms with Gasteiger partial charge in [-0.1, -0.05) is 18.5 Å². The molecule has 1 aliphatic heterocycles. The predicted molar refractivity (Wildman–Crippen MR) is 84.4 cm³/mol. The molecule has 0 unspecified atom stereocenters. The van der Waals surface area contributed by atoms with Crippen LogP contribution in [-0.4, -0.2) is 47.8 Å². The first-order chi connectivity index (χ1) is 11.1. The number of sulfonamides is 1. The van der Waals surface area contributed by atoms with Gasteiger partial charge in [-0.3, -0.25) is 0 Å². The van der Waals surface area contributed by atoms with Gasteiger partial charge in [0.1, 0.15) is 6.61 Å².